The Morgan fingerprint density at radius 3 is 2.32 bits per heavy atom. The molecule has 0 spiro atoms. The highest BCUT2D eigenvalue weighted by Gasteiger charge is 2.32. The molecule has 3 aromatic rings. The van der Waals surface area contributed by atoms with Crippen LogP contribution in [-0.2, 0) is 32.6 Å². The zero-order valence-electron chi connectivity index (χ0n) is 25.3. The molecular formula is C34H41Cl2N3O4S. The van der Waals surface area contributed by atoms with Crippen molar-refractivity contribution in [3.63, 3.8) is 0 Å². The molecule has 2 amide bonds. The third-order valence-electron chi connectivity index (χ3n) is 8.11. The molecule has 44 heavy (non-hydrogen) atoms. The number of anilines is 1. The molecule has 1 atom stereocenters. The minimum atomic E-state index is -3.65. The van der Waals surface area contributed by atoms with Crippen LogP contribution in [0.25, 0.3) is 0 Å². The van der Waals surface area contributed by atoms with Crippen LogP contribution >= 0.6 is 23.2 Å². The molecule has 1 saturated carbocycles. The largest absolute Gasteiger partial charge is 0.352 e. The van der Waals surface area contributed by atoms with Gasteiger partial charge < -0.3 is 10.2 Å². The smallest absolute Gasteiger partial charge is 0.243 e. The number of hydrogen-bond donors (Lipinski definition) is 1. The summed E-state index contributed by atoms with van der Waals surface area (Å²) in [5.41, 5.74) is 2.91. The molecule has 0 heterocycles. The number of amides is 2. The lowest BCUT2D eigenvalue weighted by molar-refractivity contribution is -0.141. The maximum Gasteiger partial charge on any atom is 0.243 e. The van der Waals surface area contributed by atoms with Crippen molar-refractivity contribution in [3.8, 4) is 0 Å². The van der Waals surface area contributed by atoms with Crippen molar-refractivity contribution in [3.05, 3.63) is 99.5 Å². The van der Waals surface area contributed by atoms with Gasteiger partial charge in [-0.15, -0.1) is 0 Å². The van der Waals surface area contributed by atoms with Gasteiger partial charge in [0.2, 0.25) is 21.8 Å². The Balaban J connectivity index is 1.61. The molecular weight excluding hydrogens is 617 g/mol. The van der Waals surface area contributed by atoms with Crippen molar-refractivity contribution in [2.45, 2.75) is 76.9 Å². The lowest BCUT2D eigenvalue weighted by Gasteiger charge is -2.34. The minimum Gasteiger partial charge on any atom is -0.352 e. The van der Waals surface area contributed by atoms with E-state index in [0.717, 1.165) is 55.1 Å². The van der Waals surface area contributed by atoms with Crippen LogP contribution in [0.5, 0.6) is 0 Å². The van der Waals surface area contributed by atoms with E-state index in [1.807, 2.05) is 55.5 Å². The summed E-state index contributed by atoms with van der Waals surface area (Å²) in [6.45, 7) is 2.06. The highest BCUT2D eigenvalue weighted by molar-refractivity contribution is 7.92. The van der Waals surface area contributed by atoms with Crippen molar-refractivity contribution in [2.75, 3.05) is 17.1 Å². The van der Waals surface area contributed by atoms with E-state index in [9.17, 15) is 18.0 Å². The van der Waals surface area contributed by atoms with Crippen molar-refractivity contribution in [2.24, 2.45) is 0 Å². The summed E-state index contributed by atoms with van der Waals surface area (Å²) in [7, 11) is -3.65. The second kappa shape index (κ2) is 15.8. The van der Waals surface area contributed by atoms with Gasteiger partial charge in [-0.25, -0.2) is 8.42 Å². The SMILES string of the molecule is Cc1ccc(Cl)cc1N(CCCC(=O)N(Cc1ccccc1Cl)[C@@H](Cc1ccccc1)C(=O)NC1CCCCC1)S(C)(=O)=O. The number of sulfonamides is 1. The average Bonchev–Trinajstić information content (AvgIpc) is 2.99. The number of rotatable bonds is 13. The van der Waals surface area contributed by atoms with E-state index in [-0.39, 0.29) is 43.8 Å². The molecule has 1 aliphatic carbocycles. The summed E-state index contributed by atoms with van der Waals surface area (Å²) in [6.07, 6.45) is 6.92. The van der Waals surface area contributed by atoms with Crippen LogP contribution in [-0.4, -0.2) is 50.0 Å². The van der Waals surface area contributed by atoms with Gasteiger partial charge in [0.15, 0.2) is 0 Å². The monoisotopic (exact) mass is 657 g/mol. The molecule has 3 aromatic carbocycles. The van der Waals surface area contributed by atoms with Gasteiger partial charge in [-0.3, -0.25) is 13.9 Å². The van der Waals surface area contributed by atoms with Crippen LogP contribution in [0.15, 0.2) is 72.8 Å². The predicted octanol–water partition coefficient (Wildman–Crippen LogP) is 6.94. The molecule has 1 fully saturated rings. The molecule has 0 bridgehead atoms. The molecule has 4 rings (SSSR count). The van der Waals surface area contributed by atoms with Crippen molar-refractivity contribution in [1.82, 2.24) is 10.2 Å². The highest BCUT2D eigenvalue weighted by Crippen LogP contribution is 2.27. The van der Waals surface area contributed by atoms with E-state index in [2.05, 4.69) is 5.32 Å². The summed E-state index contributed by atoms with van der Waals surface area (Å²) in [4.78, 5) is 29.7. The second-order valence-corrected chi connectivity index (χ2v) is 14.3. The molecule has 0 aromatic heterocycles. The Morgan fingerprint density at radius 1 is 0.955 bits per heavy atom. The fourth-order valence-electron chi connectivity index (χ4n) is 5.74. The van der Waals surface area contributed by atoms with Crippen LogP contribution < -0.4 is 9.62 Å². The summed E-state index contributed by atoms with van der Waals surface area (Å²) >= 11 is 12.7. The Kier molecular flexibility index (Phi) is 12.1. The quantitative estimate of drug-likeness (QED) is 0.216. The lowest BCUT2D eigenvalue weighted by atomic mass is 9.94. The number of nitrogens with zero attached hydrogens (tertiary/aromatic N) is 2. The molecule has 1 aliphatic rings. The van der Waals surface area contributed by atoms with Crippen molar-refractivity contribution >= 4 is 50.7 Å². The standard InChI is InChI=1S/C34H41Cl2N3O4S/c1-25-19-20-28(35)23-31(25)39(44(2,42)43)21-11-18-33(40)38(24-27-14-9-10-17-30(27)36)32(22-26-12-5-3-6-13-26)34(41)37-29-15-7-4-8-16-29/h3,5-6,9-10,12-14,17,19-20,23,29,32H,4,7-8,11,15-16,18,21-22,24H2,1-2H3,(H,37,41)/t32-/m0/s1. The minimum absolute atomic E-state index is 0.0398. The number of aryl methyl sites for hydroxylation is 1. The Hall–Kier alpha value is -3.07. The summed E-state index contributed by atoms with van der Waals surface area (Å²) in [6, 6.07) is 21.4. The summed E-state index contributed by atoms with van der Waals surface area (Å²) in [5.74, 6) is -0.436. The normalized spacial score (nSPS) is 14.5. The van der Waals surface area contributed by atoms with E-state index in [4.69, 9.17) is 23.2 Å². The van der Waals surface area contributed by atoms with Gasteiger partial charge in [-0.2, -0.15) is 0 Å². The maximum absolute atomic E-state index is 14.1. The molecule has 0 aliphatic heterocycles. The maximum atomic E-state index is 14.1. The van der Waals surface area contributed by atoms with E-state index in [1.165, 1.54) is 4.31 Å². The van der Waals surface area contributed by atoms with Gasteiger partial charge in [0.05, 0.1) is 11.9 Å². The number of hydrogen-bond acceptors (Lipinski definition) is 4. The lowest BCUT2D eigenvalue weighted by Crippen LogP contribution is -2.53. The van der Waals surface area contributed by atoms with Gasteiger partial charge in [-0.05, 0) is 61.1 Å². The van der Waals surface area contributed by atoms with Gasteiger partial charge >= 0.3 is 0 Å². The van der Waals surface area contributed by atoms with E-state index < -0.39 is 16.1 Å². The van der Waals surface area contributed by atoms with Crippen LogP contribution in [0, 0.1) is 6.92 Å². The average molecular weight is 659 g/mol. The van der Waals surface area contributed by atoms with Crippen LogP contribution in [0.1, 0.15) is 61.6 Å². The summed E-state index contributed by atoms with van der Waals surface area (Å²) in [5, 5.41) is 4.17. The van der Waals surface area contributed by atoms with Gasteiger partial charge in [0.25, 0.3) is 0 Å². The first kappa shape index (κ1) is 33.8. The third kappa shape index (κ3) is 9.46. The predicted molar refractivity (Wildman–Crippen MR) is 179 cm³/mol. The highest BCUT2D eigenvalue weighted by atomic mass is 35.5. The molecule has 1 N–H and O–H groups in total. The molecule has 236 valence electrons. The summed E-state index contributed by atoms with van der Waals surface area (Å²) < 4.78 is 26.9. The third-order valence-corrected chi connectivity index (χ3v) is 9.90. The topological polar surface area (TPSA) is 86.8 Å². The van der Waals surface area contributed by atoms with Gasteiger partial charge in [0, 0.05) is 42.0 Å². The van der Waals surface area contributed by atoms with E-state index >= 15 is 0 Å². The Bertz CT molecular complexity index is 1530. The van der Waals surface area contributed by atoms with Gasteiger partial charge in [0.1, 0.15) is 6.04 Å². The van der Waals surface area contributed by atoms with Crippen molar-refractivity contribution < 1.29 is 18.0 Å². The van der Waals surface area contributed by atoms with E-state index in [1.54, 1.807) is 29.2 Å². The van der Waals surface area contributed by atoms with Crippen LogP contribution in [0.3, 0.4) is 0 Å². The zero-order chi connectivity index (χ0) is 31.7. The van der Waals surface area contributed by atoms with Crippen molar-refractivity contribution in [1.29, 1.82) is 0 Å². The van der Waals surface area contributed by atoms with Crippen LogP contribution in [0.2, 0.25) is 10.0 Å². The molecule has 0 saturated heterocycles. The molecule has 7 nitrogen and oxygen atoms in total. The number of carbonyl (C=O) groups excluding carboxylic acids is 2. The molecule has 0 unspecified atom stereocenters. The Labute approximate surface area is 271 Å². The fourth-order valence-corrected chi connectivity index (χ4v) is 7.12. The fraction of sp³-hybridized carbons (Fsp3) is 0.412. The number of carbonyl (C=O) groups is 2. The zero-order valence-corrected chi connectivity index (χ0v) is 27.7. The second-order valence-electron chi connectivity index (χ2n) is 11.5. The molecule has 0 radical (unpaired) electrons. The number of halogens is 2. The number of nitrogens with one attached hydrogen (secondary N) is 1. The first-order valence-electron chi connectivity index (χ1n) is 15.1. The first-order chi connectivity index (χ1) is 21.0. The van der Waals surface area contributed by atoms with Gasteiger partial charge in [-0.1, -0.05) is 97.1 Å². The van der Waals surface area contributed by atoms with Crippen LogP contribution in [0.4, 0.5) is 5.69 Å². The number of benzene rings is 3. The van der Waals surface area contributed by atoms with E-state index in [0.29, 0.717) is 22.2 Å². The Morgan fingerprint density at radius 2 is 1.64 bits per heavy atom. The molecule has 10 heteroatoms. The first-order valence-corrected chi connectivity index (χ1v) is 17.7.